The van der Waals surface area contributed by atoms with E-state index in [-0.39, 0.29) is 11.9 Å². The lowest BCUT2D eigenvalue weighted by molar-refractivity contribution is 0.0627. The van der Waals surface area contributed by atoms with Gasteiger partial charge in [-0.2, -0.15) is 0 Å². The Hall–Kier alpha value is -3.06. The average Bonchev–Trinajstić information content (AvgIpc) is 3.38. The van der Waals surface area contributed by atoms with E-state index in [1.165, 1.54) is 5.56 Å². The molecule has 2 aliphatic heterocycles. The summed E-state index contributed by atoms with van der Waals surface area (Å²) in [7, 11) is 0. The third kappa shape index (κ3) is 5.96. The topological polar surface area (TPSA) is 68.7 Å². The Bertz CT molecular complexity index is 1080. The van der Waals surface area contributed by atoms with Gasteiger partial charge in [0.15, 0.2) is 0 Å². The van der Waals surface area contributed by atoms with E-state index in [4.69, 9.17) is 0 Å². The zero-order valence-electron chi connectivity index (χ0n) is 20.1. The van der Waals surface area contributed by atoms with Gasteiger partial charge in [0, 0.05) is 56.6 Å². The molecule has 5 rings (SSSR count). The lowest BCUT2D eigenvalue weighted by Gasteiger charge is -2.34. The Morgan fingerprint density at radius 1 is 0.943 bits per heavy atom. The lowest BCUT2D eigenvalue weighted by Crippen LogP contribution is -2.48. The molecule has 182 valence electrons. The first-order valence-corrected chi connectivity index (χ1v) is 12.7. The molecule has 35 heavy (non-hydrogen) atoms. The number of amides is 1. The molecule has 2 aromatic carbocycles. The Morgan fingerprint density at radius 3 is 2.40 bits per heavy atom. The Morgan fingerprint density at radius 2 is 1.69 bits per heavy atom. The standard InChI is InChI=1S/C29H34N4O2/c34-28(23-6-2-1-3-7-23)27-14-13-25(31-27)20-22-9-11-24(12-10-22)29(35)33-18-16-32(17-19-33)21-26-8-4-5-15-30-26/h1-12,15,25,27-28,31,34H,13-14,16-21H2/t25-,27+,28?/m0/s1. The molecule has 1 unspecified atom stereocenters. The minimum absolute atomic E-state index is 0.0830. The van der Waals surface area contributed by atoms with Crippen LogP contribution in [0.1, 0.15) is 46.1 Å². The van der Waals surface area contributed by atoms with E-state index < -0.39 is 6.10 Å². The van der Waals surface area contributed by atoms with Crippen LogP contribution in [0.15, 0.2) is 79.0 Å². The van der Waals surface area contributed by atoms with Gasteiger partial charge in [0.25, 0.3) is 5.91 Å². The summed E-state index contributed by atoms with van der Waals surface area (Å²) in [6, 6.07) is 24.4. The van der Waals surface area contributed by atoms with Crippen molar-refractivity contribution in [2.75, 3.05) is 26.2 Å². The number of nitrogens with zero attached hydrogens (tertiary/aromatic N) is 3. The molecule has 1 aromatic heterocycles. The molecule has 3 heterocycles. The van der Waals surface area contributed by atoms with Crippen LogP contribution in [0.2, 0.25) is 0 Å². The van der Waals surface area contributed by atoms with Gasteiger partial charge in [0.05, 0.1) is 11.8 Å². The van der Waals surface area contributed by atoms with Crippen molar-refractivity contribution in [2.24, 2.45) is 0 Å². The first-order valence-electron chi connectivity index (χ1n) is 12.7. The van der Waals surface area contributed by atoms with Crippen LogP contribution < -0.4 is 5.32 Å². The van der Waals surface area contributed by atoms with Gasteiger partial charge < -0.3 is 15.3 Å². The molecular weight excluding hydrogens is 436 g/mol. The highest BCUT2D eigenvalue weighted by Crippen LogP contribution is 2.26. The quantitative estimate of drug-likeness (QED) is 0.554. The van der Waals surface area contributed by atoms with Crippen LogP contribution in [-0.2, 0) is 13.0 Å². The summed E-state index contributed by atoms with van der Waals surface area (Å²) in [5.41, 5.74) is 4.00. The summed E-state index contributed by atoms with van der Waals surface area (Å²) in [6.45, 7) is 4.04. The van der Waals surface area contributed by atoms with Crippen LogP contribution in [-0.4, -0.2) is 64.1 Å². The second-order valence-electron chi connectivity index (χ2n) is 9.69. The van der Waals surface area contributed by atoms with Crippen molar-refractivity contribution in [3.63, 3.8) is 0 Å². The van der Waals surface area contributed by atoms with Crippen molar-refractivity contribution in [3.8, 4) is 0 Å². The zero-order chi connectivity index (χ0) is 24.0. The largest absolute Gasteiger partial charge is 0.387 e. The second-order valence-corrected chi connectivity index (χ2v) is 9.69. The third-order valence-electron chi connectivity index (χ3n) is 7.25. The molecule has 2 N–H and O–H groups in total. The van der Waals surface area contributed by atoms with E-state index in [1.807, 2.05) is 71.8 Å². The predicted molar refractivity (Wildman–Crippen MR) is 137 cm³/mol. The van der Waals surface area contributed by atoms with Gasteiger partial charge in [0.2, 0.25) is 0 Å². The summed E-state index contributed by atoms with van der Waals surface area (Å²) in [4.78, 5) is 21.7. The molecule has 0 bridgehead atoms. The molecular formula is C29H34N4O2. The fourth-order valence-electron chi connectivity index (χ4n) is 5.22. The van der Waals surface area contributed by atoms with E-state index in [1.54, 1.807) is 0 Å². The molecule has 2 fully saturated rings. The maximum absolute atomic E-state index is 13.0. The number of aromatic nitrogens is 1. The van der Waals surface area contributed by atoms with Crippen molar-refractivity contribution in [3.05, 3.63) is 101 Å². The molecule has 3 aromatic rings. The van der Waals surface area contributed by atoms with Crippen molar-refractivity contribution in [1.29, 1.82) is 0 Å². The fourth-order valence-corrected chi connectivity index (χ4v) is 5.22. The Labute approximate surface area is 207 Å². The van der Waals surface area contributed by atoms with Gasteiger partial charge >= 0.3 is 0 Å². The average molecular weight is 471 g/mol. The highest BCUT2D eigenvalue weighted by Gasteiger charge is 2.30. The van der Waals surface area contributed by atoms with Gasteiger partial charge in [-0.15, -0.1) is 0 Å². The normalized spacial score (nSPS) is 21.7. The van der Waals surface area contributed by atoms with Crippen LogP contribution in [0.25, 0.3) is 0 Å². The number of aliphatic hydroxyl groups is 1. The van der Waals surface area contributed by atoms with Gasteiger partial charge in [-0.1, -0.05) is 48.5 Å². The number of hydrogen-bond donors (Lipinski definition) is 2. The van der Waals surface area contributed by atoms with E-state index >= 15 is 0 Å². The molecule has 6 heteroatoms. The number of rotatable bonds is 7. The van der Waals surface area contributed by atoms with Gasteiger partial charge in [0.1, 0.15) is 0 Å². The van der Waals surface area contributed by atoms with E-state index in [0.717, 1.165) is 68.8 Å². The zero-order valence-corrected chi connectivity index (χ0v) is 20.1. The van der Waals surface area contributed by atoms with Gasteiger partial charge in [-0.05, 0) is 54.7 Å². The minimum Gasteiger partial charge on any atom is -0.387 e. The maximum Gasteiger partial charge on any atom is 0.253 e. The second kappa shape index (κ2) is 11.1. The van der Waals surface area contributed by atoms with Gasteiger partial charge in [-0.25, -0.2) is 0 Å². The van der Waals surface area contributed by atoms with Crippen molar-refractivity contribution < 1.29 is 9.90 Å². The van der Waals surface area contributed by atoms with Crippen molar-refractivity contribution in [2.45, 2.75) is 44.0 Å². The number of pyridine rings is 1. The summed E-state index contributed by atoms with van der Waals surface area (Å²) in [5, 5.41) is 14.3. The summed E-state index contributed by atoms with van der Waals surface area (Å²) < 4.78 is 0. The highest BCUT2D eigenvalue weighted by molar-refractivity contribution is 5.94. The summed E-state index contributed by atoms with van der Waals surface area (Å²) >= 11 is 0. The monoisotopic (exact) mass is 470 g/mol. The Kier molecular flexibility index (Phi) is 7.52. The van der Waals surface area contributed by atoms with Crippen LogP contribution >= 0.6 is 0 Å². The number of aliphatic hydroxyl groups excluding tert-OH is 1. The third-order valence-corrected chi connectivity index (χ3v) is 7.25. The number of carbonyl (C=O) groups excluding carboxylic acids is 1. The predicted octanol–water partition coefficient (Wildman–Crippen LogP) is 3.44. The van der Waals surface area contributed by atoms with Crippen LogP contribution in [0.5, 0.6) is 0 Å². The van der Waals surface area contributed by atoms with Crippen LogP contribution in [0.3, 0.4) is 0 Å². The van der Waals surface area contributed by atoms with E-state index in [2.05, 4.69) is 27.3 Å². The number of piperazine rings is 1. The van der Waals surface area contributed by atoms with E-state index in [0.29, 0.717) is 6.04 Å². The van der Waals surface area contributed by atoms with Crippen LogP contribution in [0, 0.1) is 0 Å². The Balaban J connectivity index is 1.10. The number of nitrogens with one attached hydrogen (secondary N) is 1. The minimum atomic E-state index is -0.481. The van der Waals surface area contributed by atoms with Crippen molar-refractivity contribution in [1.82, 2.24) is 20.1 Å². The van der Waals surface area contributed by atoms with Crippen molar-refractivity contribution >= 4 is 5.91 Å². The fraction of sp³-hybridized carbons (Fsp3) is 0.379. The first-order chi connectivity index (χ1) is 17.2. The number of carbonyl (C=O) groups is 1. The first kappa shape index (κ1) is 23.7. The summed E-state index contributed by atoms with van der Waals surface area (Å²) in [5.74, 6) is 0.110. The molecule has 3 atom stereocenters. The van der Waals surface area contributed by atoms with Gasteiger partial charge in [-0.3, -0.25) is 14.7 Å². The molecule has 0 aliphatic carbocycles. The smallest absolute Gasteiger partial charge is 0.253 e. The maximum atomic E-state index is 13.0. The molecule has 0 radical (unpaired) electrons. The molecule has 2 saturated heterocycles. The summed E-state index contributed by atoms with van der Waals surface area (Å²) in [6.07, 6.45) is 4.25. The molecule has 2 aliphatic rings. The number of benzene rings is 2. The highest BCUT2D eigenvalue weighted by atomic mass is 16.3. The van der Waals surface area contributed by atoms with E-state index in [9.17, 15) is 9.90 Å². The molecule has 0 spiro atoms. The molecule has 0 saturated carbocycles. The lowest BCUT2D eigenvalue weighted by atomic mass is 10.0. The molecule has 6 nitrogen and oxygen atoms in total. The SMILES string of the molecule is O=C(c1ccc(C[C@@H]2CC[C@H](C(O)c3ccccc3)N2)cc1)N1CCN(Cc2ccccn2)CC1. The molecule has 1 amide bonds. The van der Waals surface area contributed by atoms with Crippen LogP contribution in [0.4, 0.5) is 0 Å². The number of hydrogen-bond acceptors (Lipinski definition) is 5.